The van der Waals surface area contributed by atoms with Crippen LogP contribution < -0.4 is 16.4 Å². The van der Waals surface area contributed by atoms with Gasteiger partial charge in [-0.2, -0.15) is 0 Å². The summed E-state index contributed by atoms with van der Waals surface area (Å²) >= 11 is 0. The van der Waals surface area contributed by atoms with Gasteiger partial charge in [0.05, 0.1) is 11.4 Å². The molecule has 4 N–H and O–H groups in total. The van der Waals surface area contributed by atoms with E-state index in [2.05, 4.69) is 15.5 Å². The van der Waals surface area contributed by atoms with Crippen molar-refractivity contribution in [3.05, 3.63) is 54.1 Å². The van der Waals surface area contributed by atoms with Crippen LogP contribution in [0.15, 0.2) is 48.5 Å². The lowest BCUT2D eigenvalue weighted by atomic mass is 10.0. The molecular formula is C22H28N4O. The number of nitrogens with zero attached hydrogens (tertiary/aromatic N) is 1. The van der Waals surface area contributed by atoms with Crippen molar-refractivity contribution in [2.45, 2.75) is 31.7 Å². The Labute approximate surface area is 160 Å². The van der Waals surface area contributed by atoms with E-state index >= 15 is 0 Å². The van der Waals surface area contributed by atoms with E-state index in [9.17, 15) is 4.79 Å². The number of carbonyl (C=O) groups excluding carboxylic acids is 1. The number of rotatable bonds is 6. The standard InChI is InChI=1S/C22H28N4O/c23-20-3-1-2-4-21(20)25-22(27)17-7-9-18(10-8-17)24-19-11-13-26(14-12-19)15-16-5-6-16/h1-4,7-10,16,19,24H,5-6,11-15,23H2,(H,25,27). The Bertz CT molecular complexity index is 777. The summed E-state index contributed by atoms with van der Waals surface area (Å²) in [6.45, 7) is 3.67. The number of nitrogens with two attached hydrogens (primary N) is 1. The number of para-hydroxylation sites is 2. The minimum atomic E-state index is -0.146. The predicted octanol–water partition coefficient (Wildman–Crippen LogP) is 3.81. The van der Waals surface area contributed by atoms with Crippen molar-refractivity contribution in [1.29, 1.82) is 0 Å². The molecule has 1 saturated carbocycles. The first-order valence-electron chi connectivity index (χ1n) is 9.92. The van der Waals surface area contributed by atoms with E-state index in [1.165, 1.54) is 45.3 Å². The van der Waals surface area contributed by atoms with Gasteiger partial charge < -0.3 is 21.3 Å². The fourth-order valence-corrected chi connectivity index (χ4v) is 3.68. The molecule has 5 nitrogen and oxygen atoms in total. The molecule has 1 heterocycles. The average Bonchev–Trinajstić information content (AvgIpc) is 3.50. The Morgan fingerprint density at radius 3 is 2.37 bits per heavy atom. The highest BCUT2D eigenvalue weighted by Gasteiger charge is 2.26. The Kier molecular flexibility index (Phi) is 5.30. The molecule has 2 aliphatic rings. The largest absolute Gasteiger partial charge is 0.397 e. The number of hydrogen-bond donors (Lipinski definition) is 3. The van der Waals surface area contributed by atoms with E-state index in [1.54, 1.807) is 12.1 Å². The lowest BCUT2D eigenvalue weighted by molar-refractivity contribution is 0.102. The summed E-state index contributed by atoms with van der Waals surface area (Å²) in [5.74, 6) is 0.826. The van der Waals surface area contributed by atoms with Crippen molar-refractivity contribution >= 4 is 23.0 Å². The number of nitrogens with one attached hydrogen (secondary N) is 2. The van der Waals surface area contributed by atoms with Crippen molar-refractivity contribution in [1.82, 2.24) is 4.90 Å². The van der Waals surface area contributed by atoms with Crippen LogP contribution in [0.5, 0.6) is 0 Å². The first kappa shape index (κ1) is 17.9. The highest BCUT2D eigenvalue weighted by atomic mass is 16.1. The molecule has 4 rings (SSSR count). The lowest BCUT2D eigenvalue weighted by Gasteiger charge is -2.32. The fraction of sp³-hybridized carbons (Fsp3) is 0.409. The summed E-state index contributed by atoms with van der Waals surface area (Å²) in [5.41, 5.74) is 8.80. The zero-order valence-electron chi connectivity index (χ0n) is 15.7. The van der Waals surface area contributed by atoms with E-state index in [-0.39, 0.29) is 5.91 Å². The molecule has 0 unspecified atom stereocenters. The van der Waals surface area contributed by atoms with Crippen molar-refractivity contribution < 1.29 is 4.79 Å². The number of benzene rings is 2. The van der Waals surface area contributed by atoms with Crippen LogP contribution in [-0.2, 0) is 0 Å². The van der Waals surface area contributed by atoms with Crippen LogP contribution in [0.3, 0.4) is 0 Å². The van der Waals surface area contributed by atoms with Crippen molar-refractivity contribution in [2.75, 3.05) is 36.0 Å². The van der Waals surface area contributed by atoms with Gasteiger partial charge in [0.25, 0.3) is 5.91 Å². The summed E-state index contributed by atoms with van der Waals surface area (Å²) in [6, 6.07) is 15.5. The van der Waals surface area contributed by atoms with Crippen molar-refractivity contribution in [3.63, 3.8) is 0 Å². The van der Waals surface area contributed by atoms with Crippen LogP contribution in [0, 0.1) is 5.92 Å². The normalized spacial score (nSPS) is 18.2. The van der Waals surface area contributed by atoms with Gasteiger partial charge in [0, 0.05) is 36.9 Å². The van der Waals surface area contributed by atoms with Crippen molar-refractivity contribution in [3.8, 4) is 0 Å². The molecule has 1 saturated heterocycles. The van der Waals surface area contributed by atoms with Crippen LogP contribution in [0.2, 0.25) is 0 Å². The number of piperidine rings is 1. The van der Waals surface area contributed by atoms with Gasteiger partial charge in [-0.15, -0.1) is 0 Å². The summed E-state index contributed by atoms with van der Waals surface area (Å²) in [4.78, 5) is 15.0. The highest BCUT2D eigenvalue weighted by Crippen LogP contribution is 2.30. The molecule has 2 aromatic carbocycles. The first-order chi connectivity index (χ1) is 13.2. The van der Waals surface area contributed by atoms with Gasteiger partial charge in [0.15, 0.2) is 0 Å². The molecule has 5 heteroatoms. The number of hydrogen-bond acceptors (Lipinski definition) is 4. The Balaban J connectivity index is 1.28. The Morgan fingerprint density at radius 1 is 1.00 bits per heavy atom. The third-order valence-electron chi connectivity index (χ3n) is 5.53. The van der Waals surface area contributed by atoms with Crippen LogP contribution in [0.1, 0.15) is 36.0 Å². The first-order valence-corrected chi connectivity index (χ1v) is 9.92. The van der Waals surface area contributed by atoms with Gasteiger partial charge in [-0.25, -0.2) is 0 Å². The predicted molar refractivity (Wildman–Crippen MR) is 111 cm³/mol. The van der Waals surface area contributed by atoms with Crippen LogP contribution in [0.25, 0.3) is 0 Å². The fourth-order valence-electron chi connectivity index (χ4n) is 3.68. The molecule has 0 bridgehead atoms. The molecule has 0 atom stereocenters. The van der Waals surface area contributed by atoms with Crippen molar-refractivity contribution in [2.24, 2.45) is 5.92 Å². The minimum absolute atomic E-state index is 0.146. The van der Waals surface area contributed by atoms with E-state index in [0.29, 0.717) is 23.0 Å². The maximum atomic E-state index is 12.4. The summed E-state index contributed by atoms with van der Waals surface area (Å²) < 4.78 is 0. The van der Waals surface area contributed by atoms with Gasteiger partial charge in [-0.1, -0.05) is 12.1 Å². The minimum Gasteiger partial charge on any atom is -0.397 e. The SMILES string of the molecule is Nc1ccccc1NC(=O)c1ccc(NC2CCN(CC3CC3)CC2)cc1. The zero-order chi connectivity index (χ0) is 18.6. The summed E-state index contributed by atoms with van der Waals surface area (Å²) in [6.07, 6.45) is 5.22. The molecule has 1 aliphatic heterocycles. The quantitative estimate of drug-likeness (QED) is 0.682. The maximum Gasteiger partial charge on any atom is 0.255 e. The number of anilines is 3. The molecular weight excluding hydrogens is 336 g/mol. The summed E-state index contributed by atoms with van der Waals surface area (Å²) in [5, 5.41) is 6.48. The molecule has 0 radical (unpaired) electrons. The van der Waals surface area contributed by atoms with Gasteiger partial charge >= 0.3 is 0 Å². The Hall–Kier alpha value is -2.53. The number of likely N-dealkylation sites (tertiary alicyclic amines) is 1. The molecule has 2 fully saturated rings. The van der Waals surface area contributed by atoms with Crippen LogP contribution in [-0.4, -0.2) is 36.5 Å². The summed E-state index contributed by atoms with van der Waals surface area (Å²) in [7, 11) is 0. The second-order valence-electron chi connectivity index (χ2n) is 7.78. The van der Waals surface area contributed by atoms with Gasteiger partial charge in [0.2, 0.25) is 0 Å². The van der Waals surface area contributed by atoms with Gasteiger partial charge in [0.1, 0.15) is 0 Å². The highest BCUT2D eigenvalue weighted by molar-refractivity contribution is 6.05. The number of amides is 1. The van der Waals surface area contributed by atoms with Gasteiger partial charge in [-0.3, -0.25) is 4.79 Å². The zero-order valence-corrected chi connectivity index (χ0v) is 15.7. The van der Waals surface area contributed by atoms with Gasteiger partial charge in [-0.05, 0) is 68.0 Å². The number of nitrogen functional groups attached to an aromatic ring is 1. The number of carbonyl (C=O) groups is 1. The maximum absolute atomic E-state index is 12.4. The van der Waals surface area contributed by atoms with E-state index in [0.717, 1.165) is 11.6 Å². The second kappa shape index (κ2) is 8.01. The third kappa shape index (κ3) is 4.80. The monoisotopic (exact) mass is 364 g/mol. The average molecular weight is 364 g/mol. The molecule has 0 aromatic heterocycles. The molecule has 2 aromatic rings. The van der Waals surface area contributed by atoms with E-state index in [1.807, 2.05) is 36.4 Å². The molecule has 1 amide bonds. The van der Waals surface area contributed by atoms with E-state index in [4.69, 9.17) is 5.73 Å². The molecule has 1 aliphatic carbocycles. The second-order valence-corrected chi connectivity index (χ2v) is 7.78. The lowest BCUT2D eigenvalue weighted by Crippen LogP contribution is -2.40. The molecule has 27 heavy (non-hydrogen) atoms. The van der Waals surface area contributed by atoms with Crippen LogP contribution in [0.4, 0.5) is 17.1 Å². The smallest absolute Gasteiger partial charge is 0.255 e. The Morgan fingerprint density at radius 2 is 1.70 bits per heavy atom. The third-order valence-corrected chi connectivity index (χ3v) is 5.53. The van der Waals surface area contributed by atoms with Crippen LogP contribution >= 0.6 is 0 Å². The topological polar surface area (TPSA) is 70.4 Å². The molecule has 0 spiro atoms. The van der Waals surface area contributed by atoms with E-state index < -0.39 is 0 Å². The molecule has 142 valence electrons.